The van der Waals surface area contributed by atoms with Crippen LogP contribution in [-0.4, -0.2) is 17.3 Å². The Bertz CT molecular complexity index is 1030. The van der Waals surface area contributed by atoms with Gasteiger partial charge in [-0.1, -0.05) is 41.4 Å². The van der Waals surface area contributed by atoms with Crippen molar-refractivity contribution < 1.29 is 4.74 Å². The first-order chi connectivity index (χ1) is 12.1. The number of ether oxygens (including phenoxy) is 1. The molecule has 0 atom stereocenters. The largest absolute Gasteiger partial charge is 0.497 e. The number of nitrogens with one attached hydrogen (secondary N) is 1. The molecule has 3 nitrogen and oxygen atoms in total. The third-order valence-electron chi connectivity index (χ3n) is 4.12. The highest BCUT2D eigenvalue weighted by Gasteiger charge is 2.11. The number of aromatic nitrogens is 2. The van der Waals surface area contributed by atoms with Crippen LogP contribution in [-0.2, 0) is 0 Å². The number of halogens is 2. The monoisotopic (exact) mass is 368 g/mol. The predicted octanol–water partition coefficient (Wildman–Crippen LogP) is 6.21. The second-order valence-corrected chi connectivity index (χ2v) is 6.59. The third kappa shape index (κ3) is 3.09. The number of methoxy groups -OCH3 is 1. The molecule has 1 heterocycles. The minimum Gasteiger partial charge on any atom is -0.497 e. The normalized spacial score (nSPS) is 11.0. The van der Waals surface area contributed by atoms with Crippen molar-refractivity contribution in [3.8, 4) is 28.1 Å². The summed E-state index contributed by atoms with van der Waals surface area (Å²) in [5, 5.41) is 9.75. The lowest BCUT2D eigenvalue weighted by atomic mass is 10.0. The molecule has 124 valence electrons. The molecular formula is C20H14Cl2N2O. The molecule has 4 aromatic rings. The van der Waals surface area contributed by atoms with Crippen LogP contribution in [0.15, 0.2) is 60.7 Å². The van der Waals surface area contributed by atoms with Gasteiger partial charge in [-0.05, 0) is 53.6 Å². The van der Waals surface area contributed by atoms with Gasteiger partial charge in [0.15, 0.2) is 0 Å². The second kappa shape index (κ2) is 6.43. The molecule has 1 N–H and O–H groups in total. The van der Waals surface area contributed by atoms with Crippen molar-refractivity contribution >= 4 is 34.1 Å². The first kappa shape index (κ1) is 16.0. The Morgan fingerprint density at radius 2 is 1.48 bits per heavy atom. The maximum atomic E-state index is 6.12. The molecule has 0 spiro atoms. The van der Waals surface area contributed by atoms with E-state index in [0.717, 1.165) is 39.0 Å². The number of nitrogens with zero attached hydrogens (tertiary/aromatic N) is 1. The first-order valence-electron chi connectivity index (χ1n) is 7.73. The van der Waals surface area contributed by atoms with E-state index in [-0.39, 0.29) is 0 Å². The number of aromatic amines is 1. The Labute approximate surface area is 155 Å². The van der Waals surface area contributed by atoms with Crippen LogP contribution in [0.3, 0.4) is 0 Å². The highest BCUT2D eigenvalue weighted by Crippen LogP contribution is 2.33. The summed E-state index contributed by atoms with van der Waals surface area (Å²) in [5.41, 5.74) is 4.90. The van der Waals surface area contributed by atoms with Gasteiger partial charge in [-0.2, -0.15) is 5.10 Å². The maximum absolute atomic E-state index is 6.12. The fraction of sp³-hybridized carbons (Fsp3) is 0.0500. The van der Waals surface area contributed by atoms with E-state index in [0.29, 0.717) is 10.0 Å². The number of fused-ring (bicyclic) bond motifs is 1. The summed E-state index contributed by atoms with van der Waals surface area (Å²) in [4.78, 5) is 0. The quantitative estimate of drug-likeness (QED) is 0.466. The molecule has 3 aromatic carbocycles. The molecule has 0 saturated heterocycles. The molecule has 0 aliphatic carbocycles. The summed E-state index contributed by atoms with van der Waals surface area (Å²) < 4.78 is 5.21. The maximum Gasteiger partial charge on any atom is 0.118 e. The number of rotatable bonds is 3. The van der Waals surface area contributed by atoms with Gasteiger partial charge in [0.2, 0.25) is 0 Å². The first-order valence-corrected chi connectivity index (χ1v) is 8.48. The second-order valence-electron chi connectivity index (χ2n) is 5.72. The van der Waals surface area contributed by atoms with E-state index in [4.69, 9.17) is 27.9 Å². The van der Waals surface area contributed by atoms with Gasteiger partial charge in [-0.15, -0.1) is 0 Å². The van der Waals surface area contributed by atoms with Crippen LogP contribution in [0.4, 0.5) is 0 Å². The molecule has 5 heteroatoms. The van der Waals surface area contributed by atoms with Crippen LogP contribution in [0.5, 0.6) is 5.75 Å². The summed E-state index contributed by atoms with van der Waals surface area (Å²) in [7, 11) is 1.66. The van der Waals surface area contributed by atoms with E-state index in [1.54, 1.807) is 13.2 Å². The zero-order valence-corrected chi connectivity index (χ0v) is 14.9. The molecule has 0 radical (unpaired) electrons. The van der Waals surface area contributed by atoms with Crippen molar-refractivity contribution in [3.05, 3.63) is 70.7 Å². The molecule has 0 amide bonds. The number of H-pyrrole nitrogens is 1. The SMILES string of the molecule is COc1ccc(-c2ccc3c(-c4cc(Cl)cc(Cl)c4)n[nH]c3c2)cc1. The van der Waals surface area contributed by atoms with Crippen LogP contribution in [0.2, 0.25) is 10.0 Å². The lowest BCUT2D eigenvalue weighted by Gasteiger charge is -2.05. The summed E-state index contributed by atoms with van der Waals surface area (Å²) >= 11 is 12.2. The van der Waals surface area contributed by atoms with Gasteiger partial charge in [-0.3, -0.25) is 5.10 Å². The van der Waals surface area contributed by atoms with Crippen molar-refractivity contribution in [3.63, 3.8) is 0 Å². The topological polar surface area (TPSA) is 37.9 Å². The van der Waals surface area contributed by atoms with Crippen LogP contribution in [0, 0.1) is 0 Å². The zero-order chi connectivity index (χ0) is 17.4. The molecule has 0 aliphatic heterocycles. The van der Waals surface area contributed by atoms with Crippen LogP contribution in [0.1, 0.15) is 0 Å². The Kier molecular flexibility index (Phi) is 4.12. The smallest absolute Gasteiger partial charge is 0.118 e. The molecular weight excluding hydrogens is 355 g/mol. The highest BCUT2D eigenvalue weighted by molar-refractivity contribution is 6.35. The van der Waals surface area contributed by atoms with Gasteiger partial charge < -0.3 is 4.74 Å². The standard InChI is InChI=1S/C20H14Cl2N2O/c1-25-17-5-2-12(3-6-17)13-4-7-18-19(10-13)23-24-20(18)14-8-15(21)11-16(22)9-14/h2-11H,1H3,(H,23,24). The summed E-state index contributed by atoms with van der Waals surface area (Å²) in [6.45, 7) is 0. The lowest BCUT2D eigenvalue weighted by molar-refractivity contribution is 0.415. The minimum absolute atomic E-state index is 0.591. The van der Waals surface area contributed by atoms with Crippen LogP contribution < -0.4 is 4.74 Å². The van der Waals surface area contributed by atoms with Crippen LogP contribution in [0.25, 0.3) is 33.3 Å². The number of hydrogen-bond donors (Lipinski definition) is 1. The van der Waals surface area contributed by atoms with E-state index in [1.165, 1.54) is 0 Å². The molecule has 4 rings (SSSR count). The van der Waals surface area contributed by atoms with Gasteiger partial charge in [0.1, 0.15) is 5.75 Å². The number of benzene rings is 3. The molecule has 0 unspecified atom stereocenters. The molecule has 0 fully saturated rings. The van der Waals surface area contributed by atoms with Crippen LogP contribution >= 0.6 is 23.2 Å². The van der Waals surface area contributed by atoms with E-state index >= 15 is 0 Å². The molecule has 0 saturated carbocycles. The predicted molar refractivity (Wildman–Crippen MR) is 104 cm³/mol. The fourth-order valence-electron chi connectivity index (χ4n) is 2.89. The Morgan fingerprint density at radius 1 is 0.800 bits per heavy atom. The van der Waals surface area contributed by atoms with E-state index in [9.17, 15) is 0 Å². The van der Waals surface area contributed by atoms with Gasteiger partial charge in [-0.25, -0.2) is 0 Å². The lowest BCUT2D eigenvalue weighted by Crippen LogP contribution is -1.83. The van der Waals surface area contributed by atoms with Crippen molar-refractivity contribution in [1.82, 2.24) is 10.2 Å². The van der Waals surface area contributed by atoms with Gasteiger partial charge in [0, 0.05) is 21.0 Å². The average Bonchev–Trinajstić information content (AvgIpc) is 3.04. The minimum atomic E-state index is 0.591. The van der Waals surface area contributed by atoms with Crippen molar-refractivity contribution in [1.29, 1.82) is 0 Å². The third-order valence-corrected chi connectivity index (χ3v) is 4.56. The van der Waals surface area contributed by atoms with Gasteiger partial charge in [0.25, 0.3) is 0 Å². The van der Waals surface area contributed by atoms with Crippen molar-refractivity contribution in [2.45, 2.75) is 0 Å². The molecule has 0 aliphatic rings. The van der Waals surface area contributed by atoms with E-state index < -0.39 is 0 Å². The molecule has 0 bridgehead atoms. The average molecular weight is 369 g/mol. The van der Waals surface area contributed by atoms with Crippen molar-refractivity contribution in [2.75, 3.05) is 7.11 Å². The van der Waals surface area contributed by atoms with E-state index in [1.807, 2.05) is 36.4 Å². The van der Waals surface area contributed by atoms with Gasteiger partial charge >= 0.3 is 0 Å². The van der Waals surface area contributed by atoms with Crippen molar-refractivity contribution in [2.24, 2.45) is 0 Å². The Hall–Kier alpha value is -2.49. The van der Waals surface area contributed by atoms with E-state index in [2.05, 4.69) is 28.4 Å². The molecule has 25 heavy (non-hydrogen) atoms. The fourth-order valence-corrected chi connectivity index (χ4v) is 3.42. The Morgan fingerprint density at radius 3 is 2.16 bits per heavy atom. The zero-order valence-electron chi connectivity index (χ0n) is 13.4. The molecule has 1 aromatic heterocycles. The summed E-state index contributed by atoms with van der Waals surface area (Å²) in [5.74, 6) is 0.839. The van der Waals surface area contributed by atoms with Gasteiger partial charge in [0.05, 0.1) is 18.3 Å². The Balaban J connectivity index is 1.78. The summed E-state index contributed by atoms with van der Waals surface area (Å²) in [6, 6.07) is 19.6. The highest BCUT2D eigenvalue weighted by atomic mass is 35.5. The number of hydrogen-bond acceptors (Lipinski definition) is 2. The summed E-state index contributed by atoms with van der Waals surface area (Å²) in [6.07, 6.45) is 0.